The molecule has 0 saturated carbocycles. The van der Waals surface area contributed by atoms with Gasteiger partial charge >= 0.3 is 0 Å². The van der Waals surface area contributed by atoms with E-state index in [1.54, 1.807) is 6.20 Å². The van der Waals surface area contributed by atoms with Crippen LogP contribution in [0.5, 0.6) is 11.6 Å². The average Bonchev–Trinajstić information content (AvgIpc) is 2.67. The number of aromatic nitrogens is 3. The quantitative estimate of drug-likeness (QED) is 0.569. The Hall–Kier alpha value is -3.67. The molecule has 128 valence electrons. The molecule has 0 atom stereocenters. The highest BCUT2D eigenvalue weighted by Crippen LogP contribution is 2.34. The highest BCUT2D eigenvalue weighted by atomic mass is 16.5. The lowest BCUT2D eigenvalue weighted by molar-refractivity contribution is 0.470. The summed E-state index contributed by atoms with van der Waals surface area (Å²) < 4.78 is 5.99. The van der Waals surface area contributed by atoms with E-state index in [1.165, 1.54) is 6.33 Å². The molecule has 0 aliphatic heterocycles. The smallest absolute Gasteiger partial charge is 0.248 e. The second-order valence-corrected chi connectivity index (χ2v) is 5.81. The van der Waals surface area contributed by atoms with Gasteiger partial charge in [-0.2, -0.15) is 4.98 Å². The molecule has 0 aliphatic carbocycles. The van der Waals surface area contributed by atoms with Crippen LogP contribution < -0.4 is 15.8 Å². The fourth-order valence-corrected chi connectivity index (χ4v) is 2.68. The van der Waals surface area contributed by atoms with Crippen molar-refractivity contribution in [3.05, 3.63) is 72.7 Å². The summed E-state index contributed by atoms with van der Waals surface area (Å²) in [5, 5.41) is 5.21. The van der Waals surface area contributed by atoms with Gasteiger partial charge in [0.25, 0.3) is 0 Å². The SMILES string of the molecule is Cc1cccnc1Nc1ncnc(Oc2cccc3ccccc23)c1N. The zero-order valence-corrected chi connectivity index (χ0v) is 14.2. The van der Waals surface area contributed by atoms with E-state index in [2.05, 4.69) is 20.3 Å². The molecule has 6 heteroatoms. The van der Waals surface area contributed by atoms with E-state index in [0.29, 0.717) is 29.0 Å². The van der Waals surface area contributed by atoms with Crippen molar-refractivity contribution >= 4 is 28.1 Å². The molecule has 0 fully saturated rings. The van der Waals surface area contributed by atoms with E-state index in [4.69, 9.17) is 10.5 Å². The van der Waals surface area contributed by atoms with Gasteiger partial charge in [0.2, 0.25) is 5.88 Å². The Labute approximate surface area is 150 Å². The third-order valence-electron chi connectivity index (χ3n) is 4.05. The standard InChI is InChI=1S/C20H17N5O/c1-13-6-5-11-22-18(13)25-19-17(21)20(24-12-23-19)26-16-10-4-8-14-7-2-3-9-15(14)16/h2-12H,21H2,1H3,(H,22,23,24,25). The molecule has 2 heterocycles. The zero-order valence-electron chi connectivity index (χ0n) is 14.2. The zero-order chi connectivity index (χ0) is 17.9. The van der Waals surface area contributed by atoms with Gasteiger partial charge in [0, 0.05) is 11.6 Å². The van der Waals surface area contributed by atoms with Gasteiger partial charge < -0.3 is 15.8 Å². The number of hydrogen-bond acceptors (Lipinski definition) is 6. The molecule has 0 aliphatic rings. The normalized spacial score (nSPS) is 10.7. The third-order valence-corrected chi connectivity index (χ3v) is 4.05. The van der Waals surface area contributed by atoms with Crippen molar-refractivity contribution in [1.82, 2.24) is 15.0 Å². The fraction of sp³-hybridized carbons (Fsp3) is 0.0500. The first-order valence-corrected chi connectivity index (χ1v) is 8.17. The number of rotatable bonds is 4. The van der Waals surface area contributed by atoms with Crippen molar-refractivity contribution < 1.29 is 4.74 Å². The Bertz CT molecular complexity index is 1080. The maximum Gasteiger partial charge on any atom is 0.248 e. The number of nitrogens with one attached hydrogen (secondary N) is 1. The summed E-state index contributed by atoms with van der Waals surface area (Å²) >= 11 is 0. The summed E-state index contributed by atoms with van der Waals surface area (Å²) in [6.07, 6.45) is 3.12. The van der Waals surface area contributed by atoms with Crippen LogP contribution in [0.3, 0.4) is 0 Å². The third kappa shape index (κ3) is 3.00. The van der Waals surface area contributed by atoms with E-state index in [9.17, 15) is 0 Å². The molecule has 0 amide bonds. The molecule has 3 N–H and O–H groups in total. The van der Waals surface area contributed by atoms with Gasteiger partial charge in [-0.05, 0) is 30.0 Å². The molecule has 0 spiro atoms. The van der Waals surface area contributed by atoms with Gasteiger partial charge in [0.1, 0.15) is 23.6 Å². The minimum absolute atomic E-state index is 0.299. The lowest BCUT2D eigenvalue weighted by Crippen LogP contribution is -2.05. The van der Waals surface area contributed by atoms with Gasteiger partial charge in [0.05, 0.1) is 0 Å². The number of nitrogens with two attached hydrogens (primary N) is 1. The second kappa shape index (κ2) is 6.68. The molecule has 0 unspecified atom stereocenters. The van der Waals surface area contributed by atoms with Crippen LogP contribution in [0.4, 0.5) is 17.3 Å². The molecule has 0 bridgehead atoms. The van der Waals surface area contributed by atoms with Crippen LogP contribution in [-0.4, -0.2) is 15.0 Å². The predicted octanol–water partition coefficient (Wildman–Crippen LogP) is 4.45. The maximum atomic E-state index is 6.23. The van der Waals surface area contributed by atoms with Crippen molar-refractivity contribution in [3.63, 3.8) is 0 Å². The molecule has 4 aromatic rings. The molecule has 4 rings (SSSR count). The van der Waals surface area contributed by atoms with E-state index in [1.807, 2.05) is 61.5 Å². The Kier molecular flexibility index (Phi) is 4.07. The van der Waals surface area contributed by atoms with Crippen molar-refractivity contribution in [1.29, 1.82) is 0 Å². The highest BCUT2D eigenvalue weighted by Gasteiger charge is 2.13. The largest absolute Gasteiger partial charge is 0.436 e. The van der Waals surface area contributed by atoms with Crippen LogP contribution in [0.1, 0.15) is 5.56 Å². The average molecular weight is 343 g/mol. The first-order chi connectivity index (χ1) is 12.7. The van der Waals surface area contributed by atoms with Crippen molar-refractivity contribution in [2.24, 2.45) is 0 Å². The van der Waals surface area contributed by atoms with Gasteiger partial charge in [-0.15, -0.1) is 0 Å². The van der Waals surface area contributed by atoms with E-state index in [-0.39, 0.29) is 0 Å². The molecule has 2 aromatic carbocycles. The topological polar surface area (TPSA) is 86.0 Å². The number of fused-ring (bicyclic) bond motifs is 1. The molecular formula is C20H17N5O. The number of hydrogen-bond donors (Lipinski definition) is 2. The summed E-state index contributed by atoms with van der Waals surface area (Å²) in [4.78, 5) is 12.7. The number of nitrogen functional groups attached to an aromatic ring is 1. The fourth-order valence-electron chi connectivity index (χ4n) is 2.68. The summed E-state index contributed by atoms with van der Waals surface area (Å²) in [6, 6.07) is 17.7. The summed E-state index contributed by atoms with van der Waals surface area (Å²) in [5.74, 6) is 2.13. The Morgan fingerprint density at radius 2 is 1.73 bits per heavy atom. The van der Waals surface area contributed by atoms with Crippen LogP contribution in [-0.2, 0) is 0 Å². The monoisotopic (exact) mass is 343 g/mol. The van der Waals surface area contributed by atoms with Gasteiger partial charge in [-0.1, -0.05) is 42.5 Å². The number of nitrogens with zero attached hydrogens (tertiary/aromatic N) is 3. The highest BCUT2D eigenvalue weighted by molar-refractivity contribution is 5.88. The van der Waals surface area contributed by atoms with Crippen LogP contribution >= 0.6 is 0 Å². The minimum Gasteiger partial charge on any atom is -0.436 e. The molecule has 2 aromatic heterocycles. The van der Waals surface area contributed by atoms with Gasteiger partial charge in [-0.25, -0.2) is 9.97 Å². The molecule has 0 radical (unpaired) electrons. The van der Waals surface area contributed by atoms with E-state index in [0.717, 1.165) is 16.3 Å². The number of ether oxygens (including phenoxy) is 1. The summed E-state index contributed by atoms with van der Waals surface area (Å²) in [6.45, 7) is 1.96. The molecule has 0 saturated heterocycles. The van der Waals surface area contributed by atoms with E-state index < -0.39 is 0 Å². The Balaban J connectivity index is 1.69. The van der Waals surface area contributed by atoms with Crippen LogP contribution in [0.25, 0.3) is 10.8 Å². The number of aryl methyl sites for hydroxylation is 1. The van der Waals surface area contributed by atoms with Crippen molar-refractivity contribution in [3.8, 4) is 11.6 Å². The van der Waals surface area contributed by atoms with Crippen molar-refractivity contribution in [2.45, 2.75) is 6.92 Å². The summed E-state index contributed by atoms with van der Waals surface area (Å²) in [7, 11) is 0. The van der Waals surface area contributed by atoms with Gasteiger partial charge in [-0.3, -0.25) is 0 Å². The van der Waals surface area contributed by atoms with Crippen LogP contribution in [0, 0.1) is 6.92 Å². The van der Waals surface area contributed by atoms with Crippen LogP contribution in [0.2, 0.25) is 0 Å². The Morgan fingerprint density at radius 1 is 0.885 bits per heavy atom. The molecule has 6 nitrogen and oxygen atoms in total. The molecular weight excluding hydrogens is 326 g/mol. The first kappa shape index (κ1) is 15.8. The van der Waals surface area contributed by atoms with Crippen molar-refractivity contribution in [2.75, 3.05) is 11.1 Å². The van der Waals surface area contributed by atoms with Crippen LogP contribution in [0.15, 0.2) is 67.1 Å². The summed E-state index contributed by atoms with van der Waals surface area (Å²) in [5.41, 5.74) is 7.55. The minimum atomic E-state index is 0.299. The first-order valence-electron chi connectivity index (χ1n) is 8.17. The number of anilines is 3. The van der Waals surface area contributed by atoms with E-state index >= 15 is 0 Å². The number of benzene rings is 2. The molecule has 26 heavy (non-hydrogen) atoms. The Morgan fingerprint density at radius 3 is 2.62 bits per heavy atom. The lowest BCUT2D eigenvalue weighted by Gasteiger charge is -2.13. The number of pyridine rings is 1. The van der Waals surface area contributed by atoms with Gasteiger partial charge in [0.15, 0.2) is 5.82 Å². The second-order valence-electron chi connectivity index (χ2n) is 5.81. The predicted molar refractivity (Wildman–Crippen MR) is 103 cm³/mol. The lowest BCUT2D eigenvalue weighted by atomic mass is 10.1. The maximum absolute atomic E-state index is 6.23.